The summed E-state index contributed by atoms with van der Waals surface area (Å²) in [5, 5.41) is 0. The molecule has 140 valence electrons. The molecule has 6 heteroatoms. The largest absolute Gasteiger partial charge is 0.489 e. The predicted molar refractivity (Wildman–Crippen MR) is 107 cm³/mol. The molecular formula is C22H21N5O. The van der Waals surface area contributed by atoms with Gasteiger partial charge in [0, 0.05) is 49.0 Å². The Hall–Kier alpha value is -3.22. The van der Waals surface area contributed by atoms with Crippen molar-refractivity contribution in [2.45, 2.75) is 18.6 Å². The first-order valence-corrected chi connectivity index (χ1v) is 9.39. The Morgan fingerprint density at radius 2 is 1.96 bits per heavy atom. The zero-order chi connectivity index (χ0) is 18.8. The molecule has 4 heterocycles. The van der Waals surface area contributed by atoms with Crippen LogP contribution in [-0.2, 0) is 6.61 Å². The summed E-state index contributed by atoms with van der Waals surface area (Å²) in [4.78, 5) is 8.40. The fourth-order valence-corrected chi connectivity index (χ4v) is 3.75. The molecule has 1 aromatic carbocycles. The Morgan fingerprint density at radius 3 is 2.89 bits per heavy atom. The van der Waals surface area contributed by atoms with Crippen LogP contribution >= 0.6 is 0 Å². The molecule has 0 bridgehead atoms. The molecule has 1 saturated heterocycles. The van der Waals surface area contributed by atoms with Gasteiger partial charge in [-0.1, -0.05) is 18.2 Å². The van der Waals surface area contributed by atoms with Gasteiger partial charge < -0.3 is 9.14 Å². The molecule has 28 heavy (non-hydrogen) atoms. The Morgan fingerprint density at radius 1 is 1.04 bits per heavy atom. The predicted octanol–water partition coefficient (Wildman–Crippen LogP) is 3.24. The Balaban J connectivity index is 1.33. The lowest BCUT2D eigenvalue weighted by molar-refractivity contribution is 0.305. The van der Waals surface area contributed by atoms with Crippen molar-refractivity contribution in [1.82, 2.24) is 25.2 Å². The summed E-state index contributed by atoms with van der Waals surface area (Å²) < 4.78 is 8.07. The first kappa shape index (κ1) is 16.9. The lowest BCUT2D eigenvalue weighted by Crippen LogP contribution is -2.24. The highest BCUT2D eigenvalue weighted by Gasteiger charge is 2.29. The molecule has 0 saturated carbocycles. The second kappa shape index (κ2) is 7.42. The summed E-state index contributed by atoms with van der Waals surface area (Å²) >= 11 is 0. The van der Waals surface area contributed by atoms with Gasteiger partial charge in [0.05, 0.1) is 6.04 Å². The summed E-state index contributed by atoms with van der Waals surface area (Å²) in [5.41, 5.74) is 11.2. The molecule has 0 radical (unpaired) electrons. The van der Waals surface area contributed by atoms with Gasteiger partial charge in [-0.25, -0.2) is 10.4 Å². The van der Waals surface area contributed by atoms with Crippen LogP contribution < -0.4 is 15.6 Å². The van der Waals surface area contributed by atoms with Gasteiger partial charge in [-0.2, -0.15) is 0 Å². The molecule has 6 nitrogen and oxygen atoms in total. The van der Waals surface area contributed by atoms with E-state index >= 15 is 0 Å². The molecule has 4 aromatic rings. The summed E-state index contributed by atoms with van der Waals surface area (Å²) in [6.07, 6.45) is 9.49. The number of hydrazine groups is 1. The maximum Gasteiger partial charge on any atom is 0.136 e. The quantitative estimate of drug-likeness (QED) is 0.564. The third-order valence-corrected chi connectivity index (χ3v) is 5.19. The molecule has 3 aromatic heterocycles. The first-order valence-electron chi connectivity index (χ1n) is 9.39. The van der Waals surface area contributed by atoms with Crippen molar-refractivity contribution >= 4 is 5.65 Å². The fraction of sp³-hybridized carbons (Fsp3) is 0.182. The summed E-state index contributed by atoms with van der Waals surface area (Å²) in [5.74, 6) is 1.22. The van der Waals surface area contributed by atoms with Crippen molar-refractivity contribution in [2.75, 3.05) is 6.54 Å². The van der Waals surface area contributed by atoms with Crippen molar-refractivity contribution < 1.29 is 4.74 Å². The third-order valence-electron chi connectivity index (χ3n) is 5.19. The second-order valence-electron chi connectivity index (χ2n) is 6.98. The summed E-state index contributed by atoms with van der Waals surface area (Å²) in [7, 11) is 0. The number of aromatic nitrogens is 3. The SMILES string of the molecule is c1cc(OCc2ccc3nccn3c2)cc(C2NNCC2c2ccncc2)c1. The number of nitrogens with zero attached hydrogens (tertiary/aromatic N) is 3. The minimum Gasteiger partial charge on any atom is -0.489 e. The van der Waals surface area contributed by atoms with Crippen LogP contribution in [0.25, 0.3) is 5.65 Å². The number of hydrogen-bond acceptors (Lipinski definition) is 5. The van der Waals surface area contributed by atoms with E-state index in [9.17, 15) is 0 Å². The van der Waals surface area contributed by atoms with Crippen LogP contribution in [0.3, 0.4) is 0 Å². The van der Waals surface area contributed by atoms with Crippen LogP contribution in [0.5, 0.6) is 5.75 Å². The highest BCUT2D eigenvalue weighted by atomic mass is 16.5. The van der Waals surface area contributed by atoms with E-state index < -0.39 is 0 Å². The molecule has 1 aliphatic rings. The number of fused-ring (bicyclic) bond motifs is 1. The van der Waals surface area contributed by atoms with Gasteiger partial charge in [-0.15, -0.1) is 0 Å². The van der Waals surface area contributed by atoms with Crippen LogP contribution in [0.15, 0.2) is 79.5 Å². The number of pyridine rings is 2. The molecule has 2 unspecified atom stereocenters. The summed E-state index contributed by atoms with van der Waals surface area (Å²) in [6.45, 7) is 1.40. The third kappa shape index (κ3) is 3.35. The van der Waals surface area contributed by atoms with Gasteiger partial charge in [-0.3, -0.25) is 10.4 Å². The van der Waals surface area contributed by atoms with E-state index in [4.69, 9.17) is 4.74 Å². The fourth-order valence-electron chi connectivity index (χ4n) is 3.75. The number of benzene rings is 1. The van der Waals surface area contributed by atoms with Crippen molar-refractivity contribution in [1.29, 1.82) is 0 Å². The maximum absolute atomic E-state index is 6.07. The second-order valence-corrected chi connectivity index (χ2v) is 6.98. The molecule has 5 rings (SSSR count). The average Bonchev–Trinajstić information content (AvgIpc) is 3.42. The van der Waals surface area contributed by atoms with Crippen molar-refractivity contribution in [3.8, 4) is 5.75 Å². The molecule has 1 fully saturated rings. The summed E-state index contributed by atoms with van der Waals surface area (Å²) in [6, 6.07) is 16.7. The minimum atomic E-state index is 0.188. The molecule has 2 N–H and O–H groups in total. The number of rotatable bonds is 5. The van der Waals surface area contributed by atoms with E-state index in [2.05, 4.69) is 45.1 Å². The van der Waals surface area contributed by atoms with E-state index in [0.29, 0.717) is 12.5 Å². The van der Waals surface area contributed by atoms with Crippen LogP contribution in [0.1, 0.15) is 28.7 Å². The van der Waals surface area contributed by atoms with E-state index in [1.165, 1.54) is 11.1 Å². The Labute approximate surface area is 163 Å². The van der Waals surface area contributed by atoms with Gasteiger partial charge in [-0.05, 0) is 41.5 Å². The molecule has 0 spiro atoms. The molecule has 0 amide bonds. The first-order chi connectivity index (χ1) is 13.9. The zero-order valence-electron chi connectivity index (χ0n) is 15.3. The standard InChI is InChI=1S/C22H21N5O/c1-2-18(22-20(13-25-26-22)17-6-8-23-9-7-17)12-19(3-1)28-15-16-4-5-21-24-10-11-27(21)14-16/h1-12,14,20,22,25-26H,13,15H2. The topological polar surface area (TPSA) is 63.5 Å². The van der Waals surface area contributed by atoms with E-state index in [1.807, 2.05) is 53.5 Å². The monoisotopic (exact) mass is 371 g/mol. The van der Waals surface area contributed by atoms with E-state index in [-0.39, 0.29) is 6.04 Å². The van der Waals surface area contributed by atoms with Gasteiger partial charge in [0.25, 0.3) is 0 Å². The van der Waals surface area contributed by atoms with Crippen LogP contribution in [-0.4, -0.2) is 20.9 Å². The van der Waals surface area contributed by atoms with Crippen LogP contribution in [0.4, 0.5) is 0 Å². The molecule has 0 aliphatic carbocycles. The zero-order valence-corrected chi connectivity index (χ0v) is 15.3. The minimum absolute atomic E-state index is 0.188. The Bertz CT molecular complexity index is 1080. The van der Waals surface area contributed by atoms with Gasteiger partial charge in [0.2, 0.25) is 0 Å². The highest BCUT2D eigenvalue weighted by molar-refractivity contribution is 5.39. The van der Waals surface area contributed by atoms with Crippen LogP contribution in [0.2, 0.25) is 0 Å². The van der Waals surface area contributed by atoms with Crippen molar-refractivity contribution in [3.63, 3.8) is 0 Å². The number of hydrogen-bond donors (Lipinski definition) is 2. The lowest BCUT2D eigenvalue weighted by Gasteiger charge is -2.20. The van der Waals surface area contributed by atoms with Crippen molar-refractivity contribution in [3.05, 3.63) is 96.2 Å². The average molecular weight is 371 g/mol. The Kier molecular flexibility index (Phi) is 4.48. The molecule has 1 aliphatic heterocycles. The van der Waals surface area contributed by atoms with Gasteiger partial charge in [0.15, 0.2) is 0 Å². The van der Waals surface area contributed by atoms with E-state index in [1.54, 1.807) is 6.20 Å². The number of ether oxygens (including phenoxy) is 1. The molecule has 2 atom stereocenters. The normalized spacial score (nSPS) is 19.1. The highest BCUT2D eigenvalue weighted by Crippen LogP contribution is 2.34. The molecular weight excluding hydrogens is 350 g/mol. The number of nitrogens with one attached hydrogen (secondary N) is 2. The van der Waals surface area contributed by atoms with E-state index in [0.717, 1.165) is 23.5 Å². The van der Waals surface area contributed by atoms with Crippen LogP contribution in [0, 0.1) is 0 Å². The smallest absolute Gasteiger partial charge is 0.136 e. The lowest BCUT2D eigenvalue weighted by atomic mass is 9.89. The number of imidazole rings is 1. The maximum atomic E-state index is 6.07. The van der Waals surface area contributed by atoms with Crippen molar-refractivity contribution in [2.24, 2.45) is 0 Å². The van der Waals surface area contributed by atoms with Gasteiger partial charge >= 0.3 is 0 Å². The van der Waals surface area contributed by atoms with Gasteiger partial charge in [0.1, 0.15) is 18.0 Å².